The van der Waals surface area contributed by atoms with Gasteiger partial charge >= 0.3 is 0 Å². The predicted molar refractivity (Wildman–Crippen MR) is 55.7 cm³/mol. The summed E-state index contributed by atoms with van der Waals surface area (Å²) < 4.78 is 9.99. The number of nitrogens with one attached hydrogen (secondary N) is 2. The number of aliphatic hydroxyl groups is 3. The van der Waals surface area contributed by atoms with Crippen LogP contribution in [0.2, 0.25) is 0 Å². The standard InChI is InChI=1S/C6H12N2O2.C3H8O3/c1(5-3-9-5)7-8-2-6-4-10-6;4-1-3(6)2-5/h5-8H,1-4H2;3-6H,1-2H2. The van der Waals surface area contributed by atoms with Gasteiger partial charge in [-0.1, -0.05) is 0 Å². The maximum absolute atomic E-state index is 8.17. The minimum Gasteiger partial charge on any atom is -0.394 e. The second-order valence-corrected chi connectivity index (χ2v) is 3.69. The molecular formula is C9H20N2O5. The Morgan fingerprint density at radius 2 is 1.38 bits per heavy atom. The van der Waals surface area contributed by atoms with Crippen LogP contribution in [0, 0.1) is 0 Å². The Kier molecular flexibility index (Phi) is 6.81. The van der Waals surface area contributed by atoms with Gasteiger partial charge in [-0.15, -0.1) is 0 Å². The van der Waals surface area contributed by atoms with Crippen LogP contribution in [-0.2, 0) is 9.47 Å². The summed E-state index contributed by atoms with van der Waals surface area (Å²) in [7, 11) is 0. The first kappa shape index (κ1) is 13.8. The molecule has 0 bridgehead atoms. The van der Waals surface area contributed by atoms with Crippen LogP contribution in [0.25, 0.3) is 0 Å². The van der Waals surface area contributed by atoms with Crippen molar-refractivity contribution in [3.63, 3.8) is 0 Å². The molecule has 0 aromatic heterocycles. The van der Waals surface area contributed by atoms with Gasteiger partial charge in [0.05, 0.1) is 38.6 Å². The van der Waals surface area contributed by atoms with Crippen LogP contribution >= 0.6 is 0 Å². The lowest BCUT2D eigenvalue weighted by atomic mass is 10.4. The Labute approximate surface area is 94.3 Å². The van der Waals surface area contributed by atoms with Gasteiger partial charge < -0.3 is 24.8 Å². The van der Waals surface area contributed by atoms with E-state index >= 15 is 0 Å². The summed E-state index contributed by atoms with van der Waals surface area (Å²) in [5.74, 6) is 0. The predicted octanol–water partition coefficient (Wildman–Crippen LogP) is -2.79. The van der Waals surface area contributed by atoms with Crippen LogP contribution in [0.5, 0.6) is 0 Å². The van der Waals surface area contributed by atoms with Gasteiger partial charge in [-0.05, 0) is 0 Å². The molecule has 96 valence electrons. The molecule has 16 heavy (non-hydrogen) atoms. The quantitative estimate of drug-likeness (QED) is 0.185. The monoisotopic (exact) mass is 236 g/mol. The number of hydrazine groups is 1. The first-order valence-electron chi connectivity index (χ1n) is 5.35. The molecular weight excluding hydrogens is 216 g/mol. The Morgan fingerprint density at radius 3 is 1.56 bits per heavy atom. The Morgan fingerprint density at radius 1 is 1.00 bits per heavy atom. The van der Waals surface area contributed by atoms with Gasteiger partial charge in [0.2, 0.25) is 0 Å². The number of ether oxygens (including phenoxy) is 2. The smallest absolute Gasteiger partial charge is 0.100 e. The van der Waals surface area contributed by atoms with E-state index in [1.165, 1.54) is 0 Å². The summed E-state index contributed by atoms with van der Waals surface area (Å²) in [4.78, 5) is 0. The highest BCUT2D eigenvalue weighted by molar-refractivity contribution is 4.73. The van der Waals surface area contributed by atoms with Crippen molar-refractivity contribution in [3.8, 4) is 0 Å². The van der Waals surface area contributed by atoms with Crippen LogP contribution < -0.4 is 10.9 Å². The van der Waals surface area contributed by atoms with Crippen LogP contribution in [-0.4, -0.2) is 73.1 Å². The molecule has 0 spiro atoms. The fourth-order valence-electron chi connectivity index (χ4n) is 0.802. The van der Waals surface area contributed by atoms with Crippen LogP contribution in [0.4, 0.5) is 0 Å². The van der Waals surface area contributed by atoms with E-state index in [-0.39, 0.29) is 13.2 Å². The molecule has 7 nitrogen and oxygen atoms in total. The Balaban J connectivity index is 0.000000187. The third-order valence-electron chi connectivity index (χ3n) is 2.01. The number of hydrogen-bond donors (Lipinski definition) is 5. The molecule has 0 amide bonds. The molecule has 2 aliphatic heterocycles. The van der Waals surface area contributed by atoms with E-state index in [1.807, 2.05) is 0 Å². The van der Waals surface area contributed by atoms with E-state index in [2.05, 4.69) is 10.9 Å². The fraction of sp³-hybridized carbons (Fsp3) is 1.00. The largest absolute Gasteiger partial charge is 0.394 e. The zero-order valence-corrected chi connectivity index (χ0v) is 9.13. The zero-order valence-electron chi connectivity index (χ0n) is 9.13. The molecule has 0 aromatic carbocycles. The molecule has 7 heteroatoms. The molecule has 2 fully saturated rings. The number of aliphatic hydroxyl groups excluding tert-OH is 3. The highest BCUT2D eigenvalue weighted by Crippen LogP contribution is 2.07. The van der Waals surface area contributed by atoms with Crippen molar-refractivity contribution in [2.45, 2.75) is 18.3 Å². The maximum atomic E-state index is 8.17. The Bertz CT molecular complexity index is 157. The van der Waals surface area contributed by atoms with Gasteiger partial charge in [-0.25, -0.2) is 0 Å². The molecule has 0 aromatic rings. The second kappa shape index (κ2) is 7.91. The lowest BCUT2D eigenvalue weighted by Gasteiger charge is -2.01. The first-order valence-corrected chi connectivity index (χ1v) is 5.35. The molecule has 0 radical (unpaired) electrons. The second-order valence-electron chi connectivity index (χ2n) is 3.69. The topological polar surface area (TPSA) is 110 Å². The minimum absolute atomic E-state index is 0.365. The Hall–Kier alpha value is -0.280. The highest BCUT2D eigenvalue weighted by atomic mass is 16.6. The summed E-state index contributed by atoms with van der Waals surface area (Å²) in [6, 6.07) is 0. The van der Waals surface area contributed by atoms with Crippen molar-refractivity contribution in [1.82, 2.24) is 10.9 Å². The molecule has 2 aliphatic rings. The summed E-state index contributed by atoms with van der Waals surface area (Å²) in [5.41, 5.74) is 6.13. The van der Waals surface area contributed by atoms with Crippen molar-refractivity contribution >= 4 is 0 Å². The van der Waals surface area contributed by atoms with Gasteiger partial charge in [-0.3, -0.25) is 10.9 Å². The third kappa shape index (κ3) is 7.94. The van der Waals surface area contributed by atoms with E-state index in [1.54, 1.807) is 0 Å². The molecule has 2 saturated heterocycles. The average Bonchev–Trinajstić information content (AvgIpc) is 3.17. The summed E-state index contributed by atoms with van der Waals surface area (Å²) in [5, 5.41) is 24.0. The normalized spacial score (nSPS) is 26.2. The summed E-state index contributed by atoms with van der Waals surface area (Å²) in [6.07, 6.45) is -0.0507. The van der Waals surface area contributed by atoms with E-state index < -0.39 is 6.10 Å². The molecule has 0 saturated carbocycles. The third-order valence-corrected chi connectivity index (χ3v) is 2.01. The van der Waals surface area contributed by atoms with Crippen molar-refractivity contribution in [2.75, 3.05) is 39.5 Å². The van der Waals surface area contributed by atoms with Gasteiger partial charge in [0.15, 0.2) is 0 Å². The molecule has 0 aliphatic carbocycles. The van der Waals surface area contributed by atoms with E-state index in [4.69, 9.17) is 24.8 Å². The zero-order chi connectivity index (χ0) is 11.8. The number of hydrogen-bond acceptors (Lipinski definition) is 7. The van der Waals surface area contributed by atoms with Crippen molar-refractivity contribution in [1.29, 1.82) is 0 Å². The van der Waals surface area contributed by atoms with Crippen molar-refractivity contribution in [2.24, 2.45) is 0 Å². The fourth-order valence-corrected chi connectivity index (χ4v) is 0.802. The molecule has 2 rings (SSSR count). The SMILES string of the molecule is C(NNCC1CO1)C1CO1.OCC(O)CO. The molecule has 2 atom stereocenters. The molecule has 2 heterocycles. The van der Waals surface area contributed by atoms with Gasteiger partial charge in [0.25, 0.3) is 0 Å². The van der Waals surface area contributed by atoms with E-state index in [9.17, 15) is 0 Å². The highest BCUT2D eigenvalue weighted by Gasteiger charge is 2.23. The van der Waals surface area contributed by atoms with Gasteiger partial charge in [0, 0.05) is 13.1 Å². The molecule has 5 N–H and O–H groups in total. The van der Waals surface area contributed by atoms with E-state index in [0.717, 1.165) is 26.3 Å². The van der Waals surface area contributed by atoms with E-state index in [0.29, 0.717) is 12.2 Å². The van der Waals surface area contributed by atoms with Gasteiger partial charge in [0.1, 0.15) is 6.10 Å². The lowest BCUT2D eigenvalue weighted by Crippen LogP contribution is -2.37. The van der Waals surface area contributed by atoms with Gasteiger partial charge in [-0.2, -0.15) is 0 Å². The first-order chi connectivity index (χ1) is 7.76. The van der Waals surface area contributed by atoms with Crippen molar-refractivity contribution in [3.05, 3.63) is 0 Å². The maximum Gasteiger partial charge on any atom is 0.100 e. The average molecular weight is 236 g/mol. The summed E-state index contributed by atoms with van der Waals surface area (Å²) in [6.45, 7) is 2.91. The van der Waals surface area contributed by atoms with Crippen LogP contribution in [0.15, 0.2) is 0 Å². The van der Waals surface area contributed by atoms with Crippen LogP contribution in [0.3, 0.4) is 0 Å². The van der Waals surface area contributed by atoms with Crippen LogP contribution in [0.1, 0.15) is 0 Å². The summed E-state index contributed by atoms with van der Waals surface area (Å²) >= 11 is 0. The number of rotatable bonds is 7. The molecule has 2 unspecified atom stereocenters. The van der Waals surface area contributed by atoms with Crippen molar-refractivity contribution < 1.29 is 24.8 Å². The number of epoxide rings is 2. The lowest BCUT2D eigenvalue weighted by molar-refractivity contribution is 0.0450. The minimum atomic E-state index is -0.954.